The maximum Gasteiger partial charge on any atom is 0.313 e. The molecule has 2 amide bonds. The Balaban J connectivity index is 1.68. The number of fused-ring (bicyclic) bond motifs is 1. The van der Waals surface area contributed by atoms with Crippen LogP contribution in [0.4, 0.5) is 5.69 Å². The Morgan fingerprint density at radius 3 is 2.36 bits per heavy atom. The first kappa shape index (κ1) is 19.0. The van der Waals surface area contributed by atoms with Gasteiger partial charge in [0.2, 0.25) is 0 Å². The zero-order valence-corrected chi connectivity index (χ0v) is 15.5. The van der Waals surface area contributed by atoms with Crippen molar-refractivity contribution in [3.8, 4) is 17.2 Å². The summed E-state index contributed by atoms with van der Waals surface area (Å²) in [4.78, 5) is 24.4. The van der Waals surface area contributed by atoms with Gasteiger partial charge in [-0.3, -0.25) is 9.59 Å². The van der Waals surface area contributed by atoms with Crippen molar-refractivity contribution in [3.05, 3.63) is 60.2 Å². The lowest BCUT2D eigenvalue weighted by Gasteiger charge is -2.11. The molecule has 3 N–H and O–H groups in total. The molecule has 0 bridgehead atoms. The van der Waals surface area contributed by atoms with E-state index in [0.717, 1.165) is 5.56 Å². The molecular weight excluding hydrogens is 360 g/mol. The van der Waals surface area contributed by atoms with E-state index >= 15 is 0 Å². The summed E-state index contributed by atoms with van der Waals surface area (Å²) in [6, 6.07) is 15.3. The van der Waals surface area contributed by atoms with Crippen LogP contribution in [0.15, 0.2) is 54.6 Å². The molecule has 0 atom stereocenters. The van der Waals surface area contributed by atoms with E-state index < -0.39 is 11.8 Å². The molecule has 28 heavy (non-hydrogen) atoms. The van der Waals surface area contributed by atoms with Gasteiger partial charge in [0.1, 0.15) is 5.75 Å². The molecule has 0 aliphatic heterocycles. The quantitative estimate of drug-likeness (QED) is 0.592. The van der Waals surface area contributed by atoms with Gasteiger partial charge in [-0.15, -0.1) is 0 Å². The summed E-state index contributed by atoms with van der Waals surface area (Å²) < 4.78 is 10.4. The van der Waals surface area contributed by atoms with Crippen molar-refractivity contribution >= 4 is 28.3 Å². The largest absolute Gasteiger partial charge is 0.507 e. The number of amides is 2. The predicted octanol–water partition coefficient (Wildman–Crippen LogP) is 2.82. The molecule has 0 heterocycles. The number of phenolic OH excluding ortho intramolecular Hbond substituents is 1. The van der Waals surface area contributed by atoms with Crippen LogP contribution in [0.25, 0.3) is 10.8 Å². The number of anilines is 1. The number of hydrogen-bond donors (Lipinski definition) is 3. The molecule has 0 radical (unpaired) electrons. The zero-order valence-electron chi connectivity index (χ0n) is 15.5. The molecule has 0 saturated carbocycles. The minimum atomic E-state index is -0.795. The van der Waals surface area contributed by atoms with E-state index in [4.69, 9.17) is 9.47 Å². The second-order valence-electron chi connectivity index (χ2n) is 6.00. The highest BCUT2D eigenvalue weighted by Gasteiger charge is 2.15. The van der Waals surface area contributed by atoms with E-state index in [1.54, 1.807) is 54.6 Å². The van der Waals surface area contributed by atoms with E-state index in [9.17, 15) is 14.7 Å². The molecule has 3 aromatic carbocycles. The molecule has 3 aromatic rings. The third kappa shape index (κ3) is 3.98. The smallest absolute Gasteiger partial charge is 0.313 e. The summed E-state index contributed by atoms with van der Waals surface area (Å²) in [5.41, 5.74) is 1.20. The number of aromatic hydroxyl groups is 1. The number of benzene rings is 3. The van der Waals surface area contributed by atoms with E-state index in [2.05, 4.69) is 10.6 Å². The fourth-order valence-corrected chi connectivity index (χ4v) is 2.83. The minimum Gasteiger partial charge on any atom is -0.507 e. The Morgan fingerprint density at radius 1 is 0.893 bits per heavy atom. The first-order valence-electron chi connectivity index (χ1n) is 8.54. The van der Waals surface area contributed by atoms with Crippen LogP contribution < -0.4 is 20.1 Å². The molecule has 0 aliphatic rings. The highest BCUT2D eigenvalue weighted by atomic mass is 16.5. The molecule has 0 spiro atoms. The van der Waals surface area contributed by atoms with E-state index in [-0.39, 0.29) is 12.3 Å². The fraction of sp³-hybridized carbons (Fsp3) is 0.143. The molecule has 0 aromatic heterocycles. The van der Waals surface area contributed by atoms with Crippen molar-refractivity contribution in [2.45, 2.75) is 6.54 Å². The Labute approximate surface area is 161 Å². The maximum absolute atomic E-state index is 12.3. The Kier molecular flexibility index (Phi) is 5.64. The molecule has 7 nitrogen and oxygen atoms in total. The van der Waals surface area contributed by atoms with Crippen LogP contribution in [-0.4, -0.2) is 31.1 Å². The monoisotopic (exact) mass is 380 g/mol. The van der Waals surface area contributed by atoms with Gasteiger partial charge < -0.3 is 25.2 Å². The minimum absolute atomic E-state index is 0.103. The summed E-state index contributed by atoms with van der Waals surface area (Å²) >= 11 is 0. The van der Waals surface area contributed by atoms with Gasteiger partial charge in [-0.1, -0.05) is 30.3 Å². The summed E-state index contributed by atoms with van der Waals surface area (Å²) in [5, 5.41) is 16.3. The third-order valence-corrected chi connectivity index (χ3v) is 4.25. The standard InChI is InChI=1S/C21H20N2O5/c1-27-18-10-9-13(11-19(18)28-2)12-22-20(25)21(26)23-16-7-3-6-15-14(16)5-4-8-17(15)24/h3-11,24H,12H2,1-2H3,(H,22,25)(H,23,26). The van der Waals surface area contributed by atoms with Gasteiger partial charge in [0.15, 0.2) is 11.5 Å². The second-order valence-corrected chi connectivity index (χ2v) is 6.00. The van der Waals surface area contributed by atoms with Crippen LogP contribution in [-0.2, 0) is 16.1 Å². The van der Waals surface area contributed by atoms with Crippen molar-refractivity contribution in [2.24, 2.45) is 0 Å². The van der Waals surface area contributed by atoms with Gasteiger partial charge in [-0.2, -0.15) is 0 Å². The number of nitrogens with one attached hydrogen (secondary N) is 2. The summed E-state index contributed by atoms with van der Waals surface area (Å²) in [6.07, 6.45) is 0. The highest BCUT2D eigenvalue weighted by molar-refractivity contribution is 6.40. The molecule has 0 aliphatic carbocycles. The average Bonchev–Trinajstić information content (AvgIpc) is 2.72. The molecule has 0 unspecified atom stereocenters. The summed E-state index contributed by atoms with van der Waals surface area (Å²) in [5.74, 6) is -0.349. The number of carbonyl (C=O) groups excluding carboxylic acids is 2. The van der Waals surface area contributed by atoms with E-state index in [1.807, 2.05) is 0 Å². The normalized spacial score (nSPS) is 10.4. The number of phenols is 1. The van der Waals surface area contributed by atoms with Gasteiger partial charge in [-0.25, -0.2) is 0 Å². The lowest BCUT2D eigenvalue weighted by Crippen LogP contribution is -2.35. The summed E-state index contributed by atoms with van der Waals surface area (Å²) in [6.45, 7) is 0.156. The Hall–Kier alpha value is -3.74. The molecule has 0 fully saturated rings. The van der Waals surface area contributed by atoms with Gasteiger partial charge in [0.25, 0.3) is 0 Å². The van der Waals surface area contributed by atoms with Crippen LogP contribution in [0.5, 0.6) is 17.2 Å². The second kappa shape index (κ2) is 8.30. The van der Waals surface area contributed by atoms with Crippen molar-refractivity contribution in [3.63, 3.8) is 0 Å². The van der Waals surface area contributed by atoms with Gasteiger partial charge in [0, 0.05) is 23.0 Å². The van der Waals surface area contributed by atoms with Gasteiger partial charge in [0.05, 0.1) is 14.2 Å². The zero-order chi connectivity index (χ0) is 20.1. The number of rotatable bonds is 5. The van der Waals surface area contributed by atoms with Crippen molar-refractivity contribution < 1.29 is 24.2 Å². The van der Waals surface area contributed by atoms with Crippen molar-refractivity contribution in [2.75, 3.05) is 19.5 Å². The van der Waals surface area contributed by atoms with Crippen molar-refractivity contribution in [1.82, 2.24) is 5.32 Å². The average molecular weight is 380 g/mol. The van der Waals surface area contributed by atoms with Crippen LogP contribution in [0.3, 0.4) is 0 Å². The first-order valence-corrected chi connectivity index (χ1v) is 8.54. The summed E-state index contributed by atoms with van der Waals surface area (Å²) in [7, 11) is 3.06. The Morgan fingerprint density at radius 2 is 1.61 bits per heavy atom. The van der Waals surface area contributed by atoms with Crippen LogP contribution in [0.1, 0.15) is 5.56 Å². The van der Waals surface area contributed by atoms with Gasteiger partial charge >= 0.3 is 11.8 Å². The van der Waals surface area contributed by atoms with Crippen LogP contribution >= 0.6 is 0 Å². The topological polar surface area (TPSA) is 96.9 Å². The number of ether oxygens (including phenoxy) is 2. The fourth-order valence-electron chi connectivity index (χ4n) is 2.83. The molecular formula is C21H20N2O5. The Bertz CT molecular complexity index is 1030. The lowest BCUT2D eigenvalue weighted by atomic mass is 10.1. The number of carbonyl (C=O) groups is 2. The molecule has 7 heteroatoms. The first-order chi connectivity index (χ1) is 13.5. The molecule has 3 rings (SSSR count). The van der Waals surface area contributed by atoms with Crippen molar-refractivity contribution in [1.29, 1.82) is 0 Å². The van der Waals surface area contributed by atoms with E-state index in [1.165, 1.54) is 14.2 Å². The van der Waals surface area contributed by atoms with Crippen LogP contribution in [0.2, 0.25) is 0 Å². The highest BCUT2D eigenvalue weighted by Crippen LogP contribution is 2.30. The third-order valence-electron chi connectivity index (χ3n) is 4.25. The molecule has 144 valence electrons. The predicted molar refractivity (Wildman–Crippen MR) is 106 cm³/mol. The number of methoxy groups -OCH3 is 2. The maximum atomic E-state index is 12.3. The number of hydrogen-bond acceptors (Lipinski definition) is 5. The van der Waals surface area contributed by atoms with Crippen LogP contribution in [0, 0.1) is 0 Å². The molecule has 0 saturated heterocycles. The van der Waals surface area contributed by atoms with Gasteiger partial charge in [-0.05, 0) is 29.8 Å². The SMILES string of the molecule is COc1ccc(CNC(=O)C(=O)Nc2cccc3c(O)cccc23)cc1OC. The van der Waals surface area contributed by atoms with E-state index in [0.29, 0.717) is 28.0 Å². The lowest BCUT2D eigenvalue weighted by molar-refractivity contribution is -0.136.